The van der Waals surface area contributed by atoms with E-state index in [1.165, 1.54) is 22.2 Å². The van der Waals surface area contributed by atoms with E-state index in [0.29, 0.717) is 18.0 Å². The van der Waals surface area contributed by atoms with Crippen molar-refractivity contribution in [2.24, 2.45) is 0 Å². The maximum atomic E-state index is 13.0. The van der Waals surface area contributed by atoms with E-state index < -0.39 is 0 Å². The second-order valence-corrected chi connectivity index (χ2v) is 7.84. The fourth-order valence-electron chi connectivity index (χ4n) is 4.60. The first-order valence-corrected chi connectivity index (χ1v) is 10.6. The van der Waals surface area contributed by atoms with Crippen LogP contribution in [0.4, 0.5) is 5.69 Å². The third kappa shape index (κ3) is 3.68. The van der Waals surface area contributed by atoms with Crippen LogP contribution in [0.2, 0.25) is 0 Å². The van der Waals surface area contributed by atoms with E-state index in [4.69, 9.17) is 4.74 Å². The van der Waals surface area contributed by atoms with Crippen molar-refractivity contribution >= 4 is 22.5 Å². The number of H-pyrrole nitrogens is 1. The summed E-state index contributed by atoms with van der Waals surface area (Å²) in [5.41, 5.74) is 5.55. The Balaban J connectivity index is 1.47. The van der Waals surface area contributed by atoms with Crippen LogP contribution >= 0.6 is 0 Å². The molecule has 2 heterocycles. The Hall–Kier alpha value is -3.57. The molecule has 0 aliphatic carbocycles. The molecule has 1 aromatic heterocycles. The number of rotatable bonds is 5. The normalized spacial score (nSPS) is 16.1. The van der Waals surface area contributed by atoms with Gasteiger partial charge in [0.05, 0.1) is 25.4 Å². The lowest BCUT2D eigenvalue weighted by Crippen LogP contribution is -2.41. The maximum absolute atomic E-state index is 13.0. The quantitative estimate of drug-likeness (QED) is 0.498. The summed E-state index contributed by atoms with van der Waals surface area (Å²) in [6.07, 6.45) is 0.907. The van der Waals surface area contributed by atoms with Gasteiger partial charge in [-0.05, 0) is 35.7 Å². The highest BCUT2D eigenvalue weighted by Crippen LogP contribution is 2.38. The number of para-hydroxylation sites is 3. The summed E-state index contributed by atoms with van der Waals surface area (Å²) in [6.45, 7) is 1.11. The van der Waals surface area contributed by atoms with Gasteiger partial charge < -0.3 is 15.0 Å². The van der Waals surface area contributed by atoms with Crippen molar-refractivity contribution in [2.45, 2.75) is 12.5 Å². The molecule has 0 fully saturated rings. The van der Waals surface area contributed by atoms with Crippen molar-refractivity contribution in [3.05, 3.63) is 95.7 Å². The predicted octanol–water partition coefficient (Wildman–Crippen LogP) is 4.76. The zero-order valence-electron chi connectivity index (χ0n) is 17.5. The molecule has 1 aliphatic rings. The first-order valence-electron chi connectivity index (χ1n) is 10.6. The smallest absolute Gasteiger partial charge is 0.238 e. The highest BCUT2D eigenvalue weighted by molar-refractivity contribution is 5.94. The number of aromatic amines is 1. The number of nitrogens with one attached hydrogen (secondary N) is 2. The molecule has 3 aromatic carbocycles. The summed E-state index contributed by atoms with van der Waals surface area (Å²) in [5.74, 6) is 0.608. The summed E-state index contributed by atoms with van der Waals surface area (Å²) < 4.78 is 5.37. The second-order valence-electron chi connectivity index (χ2n) is 7.84. The first-order chi connectivity index (χ1) is 15.2. The lowest BCUT2D eigenvalue weighted by atomic mass is 9.92. The Kier molecular flexibility index (Phi) is 5.18. The average Bonchev–Trinajstić information content (AvgIpc) is 3.18. The maximum Gasteiger partial charge on any atom is 0.238 e. The van der Waals surface area contributed by atoms with Gasteiger partial charge in [-0.2, -0.15) is 0 Å². The molecule has 1 atom stereocenters. The van der Waals surface area contributed by atoms with Crippen LogP contribution in [0.1, 0.15) is 22.9 Å². The summed E-state index contributed by atoms with van der Waals surface area (Å²) in [6, 6.07) is 26.3. The summed E-state index contributed by atoms with van der Waals surface area (Å²) in [5, 5.41) is 4.29. The number of carbonyl (C=O) groups is 1. The number of carbonyl (C=O) groups excluding carboxylic acids is 1. The number of ether oxygens (including phenoxy) is 1. The van der Waals surface area contributed by atoms with Gasteiger partial charge in [-0.1, -0.05) is 60.7 Å². The summed E-state index contributed by atoms with van der Waals surface area (Å²) in [7, 11) is 1.61. The van der Waals surface area contributed by atoms with Crippen LogP contribution in [0.25, 0.3) is 10.9 Å². The van der Waals surface area contributed by atoms with Crippen LogP contribution in [-0.4, -0.2) is 36.0 Å². The van der Waals surface area contributed by atoms with E-state index in [9.17, 15) is 4.79 Å². The standard InChI is InChI=1S/C26H25N3O2/c1-31-23-14-8-7-13-22(23)27-24(30)17-29-16-15-20-19-11-5-6-12-21(19)28-25(20)26(29)18-9-3-2-4-10-18/h2-14,26,28H,15-17H2,1H3,(H,27,30). The third-order valence-corrected chi connectivity index (χ3v) is 5.98. The minimum absolute atomic E-state index is 0.000712. The molecular formula is C26H25N3O2. The van der Waals surface area contributed by atoms with Crippen molar-refractivity contribution in [3.8, 4) is 5.75 Å². The number of amides is 1. The molecule has 5 nitrogen and oxygen atoms in total. The minimum atomic E-state index is -0.0509. The van der Waals surface area contributed by atoms with Gasteiger partial charge in [0.2, 0.25) is 5.91 Å². The number of methoxy groups -OCH3 is 1. The largest absolute Gasteiger partial charge is 0.495 e. The van der Waals surface area contributed by atoms with Crippen molar-refractivity contribution in [3.63, 3.8) is 0 Å². The molecule has 5 heteroatoms. The van der Waals surface area contributed by atoms with Crippen LogP contribution in [0.5, 0.6) is 5.75 Å². The molecule has 1 aliphatic heterocycles. The van der Waals surface area contributed by atoms with Gasteiger partial charge in [-0.25, -0.2) is 0 Å². The Morgan fingerprint density at radius 2 is 1.77 bits per heavy atom. The number of benzene rings is 3. The number of anilines is 1. The SMILES string of the molecule is COc1ccccc1NC(=O)CN1CCc2c([nH]c3ccccc23)C1c1ccccc1. The number of hydrogen-bond acceptors (Lipinski definition) is 3. The molecule has 5 rings (SSSR count). The van der Waals surface area contributed by atoms with E-state index in [2.05, 4.69) is 63.7 Å². The van der Waals surface area contributed by atoms with Gasteiger partial charge in [-0.3, -0.25) is 9.69 Å². The van der Waals surface area contributed by atoms with Gasteiger partial charge in [0.1, 0.15) is 5.75 Å². The summed E-state index contributed by atoms with van der Waals surface area (Å²) in [4.78, 5) is 18.9. The van der Waals surface area contributed by atoms with Crippen molar-refractivity contribution < 1.29 is 9.53 Å². The number of fused-ring (bicyclic) bond motifs is 3. The van der Waals surface area contributed by atoms with Gasteiger partial charge in [0.15, 0.2) is 0 Å². The molecule has 0 saturated carbocycles. The van der Waals surface area contributed by atoms with Crippen molar-refractivity contribution in [2.75, 3.05) is 25.5 Å². The molecule has 0 saturated heterocycles. The van der Waals surface area contributed by atoms with Crippen LogP contribution < -0.4 is 10.1 Å². The van der Waals surface area contributed by atoms with E-state index in [-0.39, 0.29) is 11.9 Å². The lowest BCUT2D eigenvalue weighted by molar-refractivity contribution is -0.117. The molecule has 156 valence electrons. The second kappa shape index (κ2) is 8.28. The van der Waals surface area contributed by atoms with Crippen LogP contribution in [0.15, 0.2) is 78.9 Å². The Morgan fingerprint density at radius 1 is 1.03 bits per heavy atom. The van der Waals surface area contributed by atoms with Crippen LogP contribution in [0, 0.1) is 0 Å². The Labute approximate surface area is 181 Å². The molecule has 31 heavy (non-hydrogen) atoms. The molecule has 0 spiro atoms. The molecule has 1 amide bonds. The van der Waals surface area contributed by atoms with Crippen molar-refractivity contribution in [1.82, 2.24) is 9.88 Å². The minimum Gasteiger partial charge on any atom is -0.495 e. The molecule has 2 N–H and O–H groups in total. The topological polar surface area (TPSA) is 57.4 Å². The Bertz CT molecular complexity index is 1220. The summed E-state index contributed by atoms with van der Waals surface area (Å²) >= 11 is 0. The highest BCUT2D eigenvalue weighted by Gasteiger charge is 2.32. The van der Waals surface area contributed by atoms with Gasteiger partial charge in [-0.15, -0.1) is 0 Å². The highest BCUT2D eigenvalue weighted by atomic mass is 16.5. The van der Waals surface area contributed by atoms with Crippen molar-refractivity contribution in [1.29, 1.82) is 0 Å². The molecular weight excluding hydrogens is 386 g/mol. The molecule has 0 bridgehead atoms. The fraction of sp³-hybridized carbons (Fsp3) is 0.192. The monoisotopic (exact) mass is 411 g/mol. The van der Waals surface area contributed by atoms with Crippen LogP contribution in [0.3, 0.4) is 0 Å². The fourth-order valence-corrected chi connectivity index (χ4v) is 4.60. The average molecular weight is 412 g/mol. The van der Waals surface area contributed by atoms with E-state index >= 15 is 0 Å². The lowest BCUT2D eigenvalue weighted by Gasteiger charge is -2.35. The van der Waals surface area contributed by atoms with Gasteiger partial charge in [0, 0.05) is 23.1 Å². The molecule has 0 radical (unpaired) electrons. The Morgan fingerprint density at radius 3 is 2.61 bits per heavy atom. The van der Waals surface area contributed by atoms with E-state index in [1.54, 1.807) is 7.11 Å². The van der Waals surface area contributed by atoms with Gasteiger partial charge >= 0.3 is 0 Å². The van der Waals surface area contributed by atoms with E-state index in [1.807, 2.05) is 30.3 Å². The van der Waals surface area contributed by atoms with E-state index in [0.717, 1.165) is 18.5 Å². The molecule has 4 aromatic rings. The predicted molar refractivity (Wildman–Crippen MR) is 123 cm³/mol. The van der Waals surface area contributed by atoms with Crippen LogP contribution in [-0.2, 0) is 11.2 Å². The first kappa shape index (κ1) is 19.4. The van der Waals surface area contributed by atoms with Gasteiger partial charge in [0.25, 0.3) is 0 Å². The number of nitrogens with zero attached hydrogens (tertiary/aromatic N) is 1. The number of aromatic nitrogens is 1. The number of hydrogen-bond donors (Lipinski definition) is 2. The zero-order chi connectivity index (χ0) is 21.2. The molecule has 1 unspecified atom stereocenters. The zero-order valence-corrected chi connectivity index (χ0v) is 17.5. The third-order valence-electron chi connectivity index (χ3n) is 5.98.